The molecule has 1 fully saturated rings. The highest BCUT2D eigenvalue weighted by Gasteiger charge is 2.45. The second kappa shape index (κ2) is 5.43. The van der Waals surface area contributed by atoms with E-state index in [0.717, 1.165) is 18.4 Å². The first-order valence-corrected chi connectivity index (χ1v) is 9.06. The van der Waals surface area contributed by atoms with E-state index in [4.69, 9.17) is 0 Å². The van der Waals surface area contributed by atoms with E-state index in [0.29, 0.717) is 5.92 Å². The highest BCUT2D eigenvalue weighted by Crippen LogP contribution is 2.50. The summed E-state index contributed by atoms with van der Waals surface area (Å²) in [6, 6.07) is 8.60. The third-order valence-corrected chi connectivity index (χ3v) is 6.40. The SMILES string of the molecule is CC(C)c1ccc(C2NC(=O)C3C4=C(CCC4)SC3N2)cc1. The molecule has 2 aliphatic heterocycles. The summed E-state index contributed by atoms with van der Waals surface area (Å²) in [5, 5.41) is 7.01. The molecule has 1 aliphatic carbocycles. The Hall–Kier alpha value is -1.26. The molecule has 1 aromatic rings. The maximum atomic E-state index is 12.6. The van der Waals surface area contributed by atoms with Crippen molar-refractivity contribution in [1.29, 1.82) is 0 Å². The number of carbonyl (C=O) groups excluding carboxylic acids is 1. The molecular weight excluding hydrogens is 292 g/mol. The zero-order valence-corrected chi connectivity index (χ0v) is 13.9. The van der Waals surface area contributed by atoms with Gasteiger partial charge in [-0.1, -0.05) is 38.1 Å². The Morgan fingerprint density at radius 3 is 2.68 bits per heavy atom. The van der Waals surface area contributed by atoms with Crippen LogP contribution in [0, 0.1) is 5.92 Å². The van der Waals surface area contributed by atoms with Crippen molar-refractivity contribution in [3.63, 3.8) is 0 Å². The Bertz CT molecular complexity index is 635. The number of nitrogens with one attached hydrogen (secondary N) is 2. The number of thioether (sulfide) groups is 1. The van der Waals surface area contributed by atoms with Gasteiger partial charge in [0.1, 0.15) is 6.17 Å². The Morgan fingerprint density at radius 2 is 1.95 bits per heavy atom. The van der Waals surface area contributed by atoms with Gasteiger partial charge in [-0.2, -0.15) is 0 Å². The van der Waals surface area contributed by atoms with E-state index in [1.807, 2.05) is 11.8 Å². The van der Waals surface area contributed by atoms with Crippen LogP contribution in [0.2, 0.25) is 0 Å². The number of rotatable bonds is 2. The summed E-state index contributed by atoms with van der Waals surface area (Å²) in [7, 11) is 0. The van der Waals surface area contributed by atoms with E-state index >= 15 is 0 Å². The van der Waals surface area contributed by atoms with Crippen molar-refractivity contribution in [2.24, 2.45) is 5.92 Å². The summed E-state index contributed by atoms with van der Waals surface area (Å²) in [5.74, 6) is 0.777. The van der Waals surface area contributed by atoms with Crippen molar-refractivity contribution in [1.82, 2.24) is 10.6 Å². The normalized spacial score (nSPS) is 30.5. The minimum Gasteiger partial charge on any atom is -0.336 e. The minimum absolute atomic E-state index is 0.0497. The Labute approximate surface area is 135 Å². The molecule has 1 saturated heterocycles. The predicted octanol–water partition coefficient (Wildman–Crippen LogP) is 3.66. The summed E-state index contributed by atoms with van der Waals surface area (Å²) in [6.45, 7) is 4.39. The van der Waals surface area contributed by atoms with Crippen molar-refractivity contribution in [2.45, 2.75) is 50.6 Å². The topological polar surface area (TPSA) is 41.1 Å². The summed E-state index contributed by atoms with van der Waals surface area (Å²) >= 11 is 1.88. The van der Waals surface area contributed by atoms with Crippen molar-refractivity contribution in [3.8, 4) is 0 Å². The third kappa shape index (κ3) is 2.29. The van der Waals surface area contributed by atoms with Gasteiger partial charge in [-0.05, 0) is 46.8 Å². The van der Waals surface area contributed by atoms with Gasteiger partial charge in [0, 0.05) is 0 Å². The Kier molecular flexibility index (Phi) is 3.54. The lowest BCUT2D eigenvalue weighted by Gasteiger charge is -2.35. The zero-order chi connectivity index (χ0) is 15.3. The fraction of sp³-hybridized carbons (Fsp3) is 0.500. The smallest absolute Gasteiger partial charge is 0.231 e. The van der Waals surface area contributed by atoms with Gasteiger partial charge in [-0.15, -0.1) is 11.8 Å². The number of fused-ring (bicyclic) bond motifs is 2. The molecule has 116 valence electrons. The third-order valence-electron chi connectivity index (χ3n) is 4.99. The summed E-state index contributed by atoms with van der Waals surface area (Å²) in [5.41, 5.74) is 3.87. The molecule has 4 heteroatoms. The van der Waals surface area contributed by atoms with Crippen LogP contribution in [0.15, 0.2) is 34.7 Å². The van der Waals surface area contributed by atoms with Crippen LogP contribution in [0.1, 0.15) is 56.3 Å². The van der Waals surface area contributed by atoms with Gasteiger partial charge in [0.15, 0.2) is 0 Å². The maximum Gasteiger partial charge on any atom is 0.231 e. The number of benzene rings is 1. The zero-order valence-electron chi connectivity index (χ0n) is 13.1. The van der Waals surface area contributed by atoms with Crippen LogP contribution in [0.25, 0.3) is 0 Å². The predicted molar refractivity (Wildman–Crippen MR) is 90.3 cm³/mol. The largest absolute Gasteiger partial charge is 0.336 e. The standard InChI is InChI=1S/C18H22N2OS/c1-10(2)11-6-8-12(9-7-11)16-19-17(21)15-13-4-3-5-14(13)22-18(15)20-16/h6-10,15-16,18,20H,3-5H2,1-2H3,(H,19,21). The molecule has 0 bridgehead atoms. The van der Waals surface area contributed by atoms with E-state index < -0.39 is 0 Å². The van der Waals surface area contributed by atoms with Gasteiger partial charge in [0.2, 0.25) is 5.91 Å². The average Bonchev–Trinajstić information content (AvgIpc) is 3.07. The Morgan fingerprint density at radius 1 is 1.18 bits per heavy atom. The molecule has 0 spiro atoms. The van der Waals surface area contributed by atoms with Crippen LogP contribution in [0.4, 0.5) is 0 Å². The summed E-state index contributed by atoms with van der Waals surface area (Å²) in [4.78, 5) is 14.0. The number of allylic oxidation sites excluding steroid dienone is 1. The second-order valence-corrected chi connectivity index (χ2v) is 7.98. The molecule has 4 rings (SSSR count). The lowest BCUT2D eigenvalue weighted by Crippen LogP contribution is -2.54. The monoisotopic (exact) mass is 314 g/mol. The van der Waals surface area contributed by atoms with Crippen LogP contribution in [0.5, 0.6) is 0 Å². The fourth-order valence-electron chi connectivity index (χ4n) is 3.72. The molecule has 3 nitrogen and oxygen atoms in total. The van der Waals surface area contributed by atoms with Crippen LogP contribution < -0.4 is 10.6 Å². The highest BCUT2D eigenvalue weighted by atomic mass is 32.2. The minimum atomic E-state index is -0.0671. The average molecular weight is 314 g/mol. The van der Waals surface area contributed by atoms with E-state index in [-0.39, 0.29) is 23.4 Å². The van der Waals surface area contributed by atoms with Crippen LogP contribution in [-0.4, -0.2) is 11.3 Å². The van der Waals surface area contributed by atoms with E-state index in [2.05, 4.69) is 48.7 Å². The molecule has 2 N–H and O–H groups in total. The molecular formula is C18H22N2OS. The molecule has 2 heterocycles. The van der Waals surface area contributed by atoms with Crippen molar-refractivity contribution < 1.29 is 4.79 Å². The molecule has 1 aromatic carbocycles. The number of hydrogen-bond acceptors (Lipinski definition) is 3. The number of carbonyl (C=O) groups is 1. The molecule has 3 atom stereocenters. The number of hydrogen-bond donors (Lipinski definition) is 2. The van der Waals surface area contributed by atoms with E-state index in [9.17, 15) is 4.79 Å². The van der Waals surface area contributed by atoms with E-state index in [1.165, 1.54) is 22.5 Å². The highest BCUT2D eigenvalue weighted by molar-refractivity contribution is 8.04. The lowest BCUT2D eigenvalue weighted by atomic mass is 9.94. The molecule has 22 heavy (non-hydrogen) atoms. The van der Waals surface area contributed by atoms with Gasteiger partial charge in [-0.3, -0.25) is 10.1 Å². The molecule has 3 unspecified atom stereocenters. The van der Waals surface area contributed by atoms with Crippen LogP contribution in [-0.2, 0) is 4.79 Å². The molecule has 1 amide bonds. The summed E-state index contributed by atoms with van der Waals surface area (Å²) < 4.78 is 0. The Balaban J connectivity index is 1.53. The van der Waals surface area contributed by atoms with Gasteiger partial charge in [-0.25, -0.2) is 0 Å². The second-order valence-electron chi connectivity index (χ2n) is 6.75. The lowest BCUT2D eigenvalue weighted by molar-refractivity contribution is -0.127. The number of amides is 1. The first-order chi connectivity index (χ1) is 10.6. The van der Waals surface area contributed by atoms with Crippen LogP contribution >= 0.6 is 11.8 Å². The van der Waals surface area contributed by atoms with Crippen molar-refractivity contribution in [2.75, 3.05) is 0 Å². The first-order valence-electron chi connectivity index (χ1n) is 8.18. The molecule has 0 aromatic heterocycles. The molecule has 0 saturated carbocycles. The van der Waals surface area contributed by atoms with Crippen molar-refractivity contribution in [3.05, 3.63) is 45.9 Å². The van der Waals surface area contributed by atoms with Gasteiger partial charge >= 0.3 is 0 Å². The van der Waals surface area contributed by atoms with Crippen molar-refractivity contribution >= 4 is 17.7 Å². The summed E-state index contributed by atoms with van der Waals surface area (Å²) in [6.07, 6.45) is 3.42. The van der Waals surface area contributed by atoms with Gasteiger partial charge < -0.3 is 5.32 Å². The molecule has 3 aliphatic rings. The van der Waals surface area contributed by atoms with Gasteiger partial charge in [0.05, 0.1) is 11.3 Å². The molecule has 0 radical (unpaired) electrons. The van der Waals surface area contributed by atoms with E-state index in [1.54, 1.807) is 0 Å². The van der Waals surface area contributed by atoms with Crippen LogP contribution in [0.3, 0.4) is 0 Å². The van der Waals surface area contributed by atoms with Gasteiger partial charge in [0.25, 0.3) is 0 Å². The quantitative estimate of drug-likeness (QED) is 0.875. The first kappa shape index (κ1) is 14.3. The maximum absolute atomic E-state index is 12.6. The fourth-order valence-corrected chi connectivity index (χ4v) is 5.30.